The molecule has 0 heterocycles. The molecule has 1 aromatic rings. The first-order valence-electron chi connectivity index (χ1n) is 5.66. The first kappa shape index (κ1) is 15.1. The number of carbonyl (C=O) groups excluding carboxylic acids is 1. The molecule has 0 saturated heterocycles. The van der Waals surface area contributed by atoms with Gasteiger partial charge < -0.3 is 10.1 Å². The molecular weight excluding hydrogens is 273 g/mol. The maximum absolute atomic E-state index is 12.1. The van der Waals surface area contributed by atoms with Crippen molar-refractivity contribution in [2.75, 3.05) is 7.11 Å². The van der Waals surface area contributed by atoms with Crippen LogP contribution >= 0.6 is 23.2 Å². The summed E-state index contributed by atoms with van der Waals surface area (Å²) >= 11 is 12.0. The fraction of sp³-hybridized carbons (Fsp3) is 0.462. The number of hydrogen-bond donors (Lipinski definition) is 1. The van der Waals surface area contributed by atoms with Gasteiger partial charge in [0.05, 0.1) is 17.2 Å². The molecule has 5 heteroatoms. The van der Waals surface area contributed by atoms with Crippen LogP contribution in [0.2, 0.25) is 10.0 Å². The van der Waals surface area contributed by atoms with E-state index in [9.17, 15) is 4.79 Å². The maximum Gasteiger partial charge on any atom is 0.251 e. The number of methoxy groups -OCH3 is 1. The van der Waals surface area contributed by atoms with Crippen LogP contribution in [0.4, 0.5) is 0 Å². The molecule has 0 fully saturated rings. The second-order valence-electron chi connectivity index (χ2n) is 4.66. The monoisotopic (exact) mass is 289 g/mol. The lowest BCUT2D eigenvalue weighted by atomic mass is 10.0. The second kappa shape index (κ2) is 5.81. The van der Waals surface area contributed by atoms with E-state index in [0.717, 1.165) is 6.42 Å². The van der Waals surface area contributed by atoms with Crippen LogP contribution in [0.25, 0.3) is 0 Å². The van der Waals surface area contributed by atoms with Crippen LogP contribution in [0, 0.1) is 0 Å². The molecule has 0 aliphatic heterocycles. The number of benzene rings is 1. The molecule has 0 saturated carbocycles. The van der Waals surface area contributed by atoms with E-state index in [1.165, 1.54) is 7.11 Å². The lowest BCUT2D eigenvalue weighted by Gasteiger charge is -2.24. The molecule has 3 nitrogen and oxygen atoms in total. The minimum Gasteiger partial charge on any atom is -0.494 e. The molecule has 1 rings (SSSR count). The molecule has 0 aromatic heterocycles. The highest BCUT2D eigenvalue weighted by atomic mass is 35.5. The first-order valence-corrected chi connectivity index (χ1v) is 6.42. The van der Waals surface area contributed by atoms with Crippen LogP contribution in [0.1, 0.15) is 37.6 Å². The van der Waals surface area contributed by atoms with Gasteiger partial charge >= 0.3 is 0 Å². The van der Waals surface area contributed by atoms with Crippen LogP contribution in [-0.2, 0) is 0 Å². The maximum atomic E-state index is 12.1. The third-order valence-corrected chi connectivity index (χ3v) is 3.36. The highest BCUT2D eigenvalue weighted by molar-refractivity contribution is 6.37. The summed E-state index contributed by atoms with van der Waals surface area (Å²) in [6.45, 7) is 5.92. The van der Waals surface area contributed by atoms with E-state index in [1.54, 1.807) is 12.1 Å². The molecule has 0 spiro atoms. The Morgan fingerprint density at radius 1 is 1.33 bits per heavy atom. The summed E-state index contributed by atoms with van der Waals surface area (Å²) in [6.07, 6.45) is 0.830. The van der Waals surface area contributed by atoms with E-state index in [1.807, 2.05) is 20.8 Å². The average Bonchev–Trinajstić information content (AvgIpc) is 2.28. The number of halogens is 2. The van der Waals surface area contributed by atoms with Crippen molar-refractivity contribution in [3.05, 3.63) is 27.7 Å². The van der Waals surface area contributed by atoms with Gasteiger partial charge in [0.15, 0.2) is 5.75 Å². The Morgan fingerprint density at radius 2 is 1.83 bits per heavy atom. The quantitative estimate of drug-likeness (QED) is 0.912. The number of hydrogen-bond acceptors (Lipinski definition) is 2. The zero-order valence-corrected chi connectivity index (χ0v) is 12.4. The van der Waals surface area contributed by atoms with Crippen LogP contribution < -0.4 is 10.1 Å². The molecule has 0 unspecified atom stereocenters. The summed E-state index contributed by atoms with van der Waals surface area (Å²) in [4.78, 5) is 12.1. The molecule has 1 N–H and O–H groups in total. The van der Waals surface area contributed by atoms with E-state index in [0.29, 0.717) is 21.4 Å². The van der Waals surface area contributed by atoms with Crippen LogP contribution in [0.15, 0.2) is 12.1 Å². The summed E-state index contributed by atoms with van der Waals surface area (Å²) in [5.41, 5.74) is 0.156. The number of carbonyl (C=O) groups is 1. The predicted molar refractivity (Wildman–Crippen MR) is 74.9 cm³/mol. The van der Waals surface area contributed by atoms with Gasteiger partial charge in [0.1, 0.15) is 0 Å². The molecule has 0 aliphatic carbocycles. The lowest BCUT2D eigenvalue weighted by molar-refractivity contribution is 0.0911. The van der Waals surface area contributed by atoms with Crippen LogP contribution in [-0.4, -0.2) is 18.6 Å². The van der Waals surface area contributed by atoms with Gasteiger partial charge in [0.2, 0.25) is 0 Å². The van der Waals surface area contributed by atoms with Crippen molar-refractivity contribution in [2.45, 2.75) is 32.7 Å². The summed E-state index contributed by atoms with van der Waals surface area (Å²) < 4.78 is 5.04. The molecule has 100 valence electrons. The van der Waals surface area contributed by atoms with Crippen molar-refractivity contribution in [3.8, 4) is 5.75 Å². The third-order valence-electron chi connectivity index (χ3n) is 2.80. The zero-order chi connectivity index (χ0) is 13.9. The number of rotatable bonds is 4. The number of ether oxygens (including phenoxy) is 1. The SMILES string of the molecule is CCC(C)(C)NC(=O)c1cc(Cl)c(OC)c(Cl)c1. The molecule has 18 heavy (non-hydrogen) atoms. The van der Waals surface area contributed by atoms with Gasteiger partial charge in [-0.25, -0.2) is 0 Å². The fourth-order valence-corrected chi connectivity index (χ4v) is 2.00. The normalized spacial score (nSPS) is 11.2. The Morgan fingerprint density at radius 3 is 2.22 bits per heavy atom. The van der Waals surface area contributed by atoms with Crippen molar-refractivity contribution in [1.29, 1.82) is 0 Å². The smallest absolute Gasteiger partial charge is 0.251 e. The number of amides is 1. The van der Waals surface area contributed by atoms with Crippen LogP contribution in [0.3, 0.4) is 0 Å². The Bertz CT molecular complexity index is 435. The van der Waals surface area contributed by atoms with Gasteiger partial charge in [-0.1, -0.05) is 30.1 Å². The highest BCUT2D eigenvalue weighted by Gasteiger charge is 2.20. The minimum absolute atomic E-state index is 0.201. The standard InChI is InChI=1S/C13H17Cl2NO2/c1-5-13(2,3)16-12(17)8-6-9(14)11(18-4)10(15)7-8/h6-7H,5H2,1-4H3,(H,16,17). The highest BCUT2D eigenvalue weighted by Crippen LogP contribution is 2.33. The van der Waals surface area contributed by atoms with Crippen LogP contribution in [0.5, 0.6) is 5.75 Å². The van der Waals surface area contributed by atoms with Gasteiger partial charge in [-0.3, -0.25) is 4.79 Å². The summed E-state index contributed by atoms with van der Waals surface area (Å²) in [5.74, 6) is 0.179. The van der Waals surface area contributed by atoms with E-state index in [2.05, 4.69) is 5.32 Å². The zero-order valence-electron chi connectivity index (χ0n) is 10.9. The van der Waals surface area contributed by atoms with Gasteiger partial charge in [-0.05, 0) is 32.4 Å². The predicted octanol–water partition coefficient (Wildman–Crippen LogP) is 3.92. The van der Waals surface area contributed by atoms with E-state index in [4.69, 9.17) is 27.9 Å². The molecule has 0 bridgehead atoms. The topological polar surface area (TPSA) is 38.3 Å². The third kappa shape index (κ3) is 3.53. The molecule has 0 radical (unpaired) electrons. The number of nitrogens with one attached hydrogen (secondary N) is 1. The van der Waals surface area contributed by atoms with Crippen molar-refractivity contribution < 1.29 is 9.53 Å². The largest absolute Gasteiger partial charge is 0.494 e. The van der Waals surface area contributed by atoms with Gasteiger partial charge in [-0.15, -0.1) is 0 Å². The van der Waals surface area contributed by atoms with Crippen molar-refractivity contribution in [3.63, 3.8) is 0 Å². The Kier molecular flexibility index (Phi) is 4.88. The molecule has 1 amide bonds. The van der Waals surface area contributed by atoms with Gasteiger partial charge in [0.25, 0.3) is 5.91 Å². The molecule has 0 aliphatic rings. The van der Waals surface area contributed by atoms with E-state index < -0.39 is 0 Å². The molecular formula is C13H17Cl2NO2. The summed E-state index contributed by atoms with van der Waals surface area (Å²) in [5, 5.41) is 3.56. The lowest BCUT2D eigenvalue weighted by Crippen LogP contribution is -2.42. The molecule has 0 atom stereocenters. The van der Waals surface area contributed by atoms with Crippen molar-refractivity contribution in [2.24, 2.45) is 0 Å². The van der Waals surface area contributed by atoms with Gasteiger partial charge in [0, 0.05) is 11.1 Å². The first-order chi connectivity index (χ1) is 8.30. The Hall–Kier alpha value is -0.930. The Balaban J connectivity index is 3.01. The average molecular weight is 290 g/mol. The Labute approximate surface area is 117 Å². The second-order valence-corrected chi connectivity index (χ2v) is 5.48. The van der Waals surface area contributed by atoms with Crippen molar-refractivity contribution in [1.82, 2.24) is 5.32 Å². The van der Waals surface area contributed by atoms with E-state index in [-0.39, 0.29) is 11.4 Å². The fourth-order valence-electron chi connectivity index (χ4n) is 1.35. The summed E-state index contributed by atoms with van der Waals surface area (Å²) in [7, 11) is 1.48. The van der Waals surface area contributed by atoms with E-state index >= 15 is 0 Å². The molecule has 1 aromatic carbocycles. The minimum atomic E-state index is -0.268. The summed E-state index contributed by atoms with van der Waals surface area (Å²) in [6, 6.07) is 3.10. The van der Waals surface area contributed by atoms with Crippen molar-refractivity contribution >= 4 is 29.1 Å². The van der Waals surface area contributed by atoms with Gasteiger partial charge in [-0.2, -0.15) is 0 Å².